The summed E-state index contributed by atoms with van der Waals surface area (Å²) < 4.78 is 0. The number of H-pyrrole nitrogens is 1. The molecular weight excluding hydrogens is 162 g/mol. The zero-order valence-corrected chi connectivity index (χ0v) is 7.12. The summed E-state index contributed by atoms with van der Waals surface area (Å²) in [6.45, 7) is 0. The molecule has 3 heteroatoms. The monoisotopic (exact) mass is 173 g/mol. The van der Waals surface area contributed by atoms with Gasteiger partial charge >= 0.3 is 0 Å². The van der Waals surface area contributed by atoms with Gasteiger partial charge in [-0.05, 0) is 30.3 Å². The van der Waals surface area contributed by atoms with Crippen molar-refractivity contribution in [2.24, 2.45) is 0 Å². The van der Waals surface area contributed by atoms with E-state index in [4.69, 9.17) is 11.5 Å². The fourth-order valence-corrected chi connectivity index (χ4v) is 1.34. The van der Waals surface area contributed by atoms with Gasteiger partial charge in [-0.1, -0.05) is 0 Å². The molecule has 0 aliphatic rings. The van der Waals surface area contributed by atoms with Crippen LogP contribution in [0.3, 0.4) is 0 Å². The van der Waals surface area contributed by atoms with Gasteiger partial charge in [0.25, 0.3) is 0 Å². The quantitative estimate of drug-likeness (QED) is 0.576. The van der Waals surface area contributed by atoms with Crippen molar-refractivity contribution in [1.82, 2.24) is 4.98 Å². The Hall–Kier alpha value is -1.90. The van der Waals surface area contributed by atoms with Crippen molar-refractivity contribution >= 4 is 11.4 Å². The zero-order chi connectivity index (χ0) is 9.26. The van der Waals surface area contributed by atoms with Crippen LogP contribution in [0.1, 0.15) is 0 Å². The van der Waals surface area contributed by atoms with Gasteiger partial charge in [-0.2, -0.15) is 0 Å². The third kappa shape index (κ3) is 1.49. The van der Waals surface area contributed by atoms with E-state index in [-0.39, 0.29) is 0 Å². The number of aromatic nitrogens is 1. The maximum atomic E-state index is 5.67. The molecule has 0 atom stereocenters. The molecule has 2 rings (SSSR count). The molecule has 0 amide bonds. The van der Waals surface area contributed by atoms with Gasteiger partial charge in [0, 0.05) is 28.8 Å². The highest BCUT2D eigenvalue weighted by molar-refractivity contribution is 5.69. The van der Waals surface area contributed by atoms with Crippen LogP contribution < -0.4 is 11.5 Å². The summed E-state index contributed by atoms with van der Waals surface area (Å²) in [5.74, 6) is 0. The van der Waals surface area contributed by atoms with Gasteiger partial charge in [0.15, 0.2) is 0 Å². The van der Waals surface area contributed by atoms with Crippen molar-refractivity contribution < 1.29 is 0 Å². The molecule has 0 aliphatic heterocycles. The van der Waals surface area contributed by atoms with E-state index in [1.807, 2.05) is 30.5 Å². The molecular formula is C10H11N3. The second-order valence-corrected chi connectivity index (χ2v) is 2.97. The largest absolute Gasteiger partial charge is 0.399 e. The van der Waals surface area contributed by atoms with E-state index < -0.39 is 0 Å². The van der Waals surface area contributed by atoms with Crippen LogP contribution in [0.15, 0.2) is 36.5 Å². The van der Waals surface area contributed by atoms with E-state index in [1.54, 1.807) is 6.07 Å². The molecule has 1 aromatic carbocycles. The molecule has 0 saturated heterocycles. The second-order valence-electron chi connectivity index (χ2n) is 2.97. The van der Waals surface area contributed by atoms with E-state index in [1.165, 1.54) is 0 Å². The minimum Gasteiger partial charge on any atom is -0.399 e. The number of hydrogen-bond acceptors (Lipinski definition) is 2. The van der Waals surface area contributed by atoms with Crippen LogP contribution in [0, 0.1) is 0 Å². The van der Waals surface area contributed by atoms with E-state index in [2.05, 4.69) is 4.98 Å². The third-order valence-electron chi connectivity index (χ3n) is 1.89. The molecule has 0 fully saturated rings. The first-order valence-corrected chi connectivity index (χ1v) is 4.05. The number of rotatable bonds is 1. The van der Waals surface area contributed by atoms with E-state index in [0.29, 0.717) is 11.4 Å². The molecule has 0 aliphatic carbocycles. The SMILES string of the molecule is Nc1cc(N)cc(-c2ccc[nH]2)c1. The number of benzene rings is 1. The third-order valence-corrected chi connectivity index (χ3v) is 1.89. The standard InChI is InChI=1S/C10H11N3/c11-8-4-7(5-9(12)6-8)10-2-1-3-13-10/h1-6,13H,11-12H2. The van der Waals surface area contributed by atoms with Crippen molar-refractivity contribution in [3.8, 4) is 11.3 Å². The van der Waals surface area contributed by atoms with Crippen LogP contribution in [0.2, 0.25) is 0 Å². The molecule has 1 heterocycles. The molecule has 5 N–H and O–H groups in total. The van der Waals surface area contributed by atoms with Crippen LogP contribution in [0.5, 0.6) is 0 Å². The summed E-state index contributed by atoms with van der Waals surface area (Å²) in [5, 5.41) is 0. The minimum atomic E-state index is 0.685. The normalized spacial score (nSPS) is 10.2. The highest BCUT2D eigenvalue weighted by atomic mass is 14.7. The summed E-state index contributed by atoms with van der Waals surface area (Å²) >= 11 is 0. The molecule has 0 unspecified atom stereocenters. The van der Waals surface area contributed by atoms with Crippen LogP contribution in [-0.4, -0.2) is 4.98 Å². The first kappa shape index (κ1) is 7.73. The number of nitrogens with two attached hydrogens (primary N) is 2. The molecule has 0 bridgehead atoms. The number of nitrogen functional groups attached to an aromatic ring is 2. The van der Waals surface area contributed by atoms with Gasteiger partial charge < -0.3 is 16.5 Å². The molecule has 2 aromatic rings. The Morgan fingerprint density at radius 1 is 1.00 bits per heavy atom. The van der Waals surface area contributed by atoms with E-state index in [0.717, 1.165) is 11.3 Å². The number of nitrogens with one attached hydrogen (secondary N) is 1. The second kappa shape index (κ2) is 2.86. The summed E-state index contributed by atoms with van der Waals surface area (Å²) in [5.41, 5.74) is 14.8. The lowest BCUT2D eigenvalue weighted by atomic mass is 10.1. The first-order valence-electron chi connectivity index (χ1n) is 4.05. The van der Waals surface area contributed by atoms with Gasteiger partial charge in [0.05, 0.1) is 0 Å². The Morgan fingerprint density at radius 3 is 2.23 bits per heavy atom. The van der Waals surface area contributed by atoms with Gasteiger partial charge in [-0.3, -0.25) is 0 Å². The van der Waals surface area contributed by atoms with E-state index in [9.17, 15) is 0 Å². The topological polar surface area (TPSA) is 67.8 Å². The Kier molecular flexibility index (Phi) is 1.70. The molecule has 0 spiro atoms. The van der Waals surface area contributed by atoms with Crippen LogP contribution in [0.25, 0.3) is 11.3 Å². The van der Waals surface area contributed by atoms with Crippen molar-refractivity contribution in [2.75, 3.05) is 11.5 Å². The first-order chi connectivity index (χ1) is 6.25. The number of aromatic amines is 1. The molecule has 66 valence electrons. The summed E-state index contributed by atoms with van der Waals surface area (Å²) in [7, 11) is 0. The average Bonchev–Trinajstić information content (AvgIpc) is 2.53. The van der Waals surface area contributed by atoms with Gasteiger partial charge in [0.1, 0.15) is 0 Å². The predicted molar refractivity (Wildman–Crippen MR) is 55.1 cm³/mol. The van der Waals surface area contributed by atoms with Crippen LogP contribution >= 0.6 is 0 Å². The predicted octanol–water partition coefficient (Wildman–Crippen LogP) is 1.85. The van der Waals surface area contributed by atoms with Gasteiger partial charge in [-0.15, -0.1) is 0 Å². The molecule has 1 aromatic heterocycles. The van der Waals surface area contributed by atoms with Crippen molar-refractivity contribution in [1.29, 1.82) is 0 Å². The molecule has 0 radical (unpaired) electrons. The Morgan fingerprint density at radius 2 is 1.69 bits per heavy atom. The molecule has 0 saturated carbocycles. The number of hydrogen-bond donors (Lipinski definition) is 3. The number of anilines is 2. The van der Waals surface area contributed by atoms with Crippen molar-refractivity contribution in [3.63, 3.8) is 0 Å². The fraction of sp³-hybridized carbons (Fsp3) is 0. The Bertz CT molecular complexity index is 384. The summed E-state index contributed by atoms with van der Waals surface area (Å²) in [6.07, 6.45) is 1.87. The smallest absolute Gasteiger partial charge is 0.0455 e. The molecule has 3 nitrogen and oxygen atoms in total. The highest BCUT2D eigenvalue weighted by Crippen LogP contribution is 2.22. The van der Waals surface area contributed by atoms with Gasteiger partial charge in [-0.25, -0.2) is 0 Å². The van der Waals surface area contributed by atoms with Gasteiger partial charge in [0.2, 0.25) is 0 Å². The van der Waals surface area contributed by atoms with Crippen molar-refractivity contribution in [2.45, 2.75) is 0 Å². The van der Waals surface area contributed by atoms with E-state index >= 15 is 0 Å². The average molecular weight is 173 g/mol. The zero-order valence-electron chi connectivity index (χ0n) is 7.12. The maximum absolute atomic E-state index is 5.67. The highest BCUT2D eigenvalue weighted by Gasteiger charge is 1.99. The van der Waals surface area contributed by atoms with Crippen LogP contribution in [-0.2, 0) is 0 Å². The molecule has 13 heavy (non-hydrogen) atoms. The lowest BCUT2D eigenvalue weighted by molar-refractivity contribution is 1.40. The summed E-state index contributed by atoms with van der Waals surface area (Å²) in [6, 6.07) is 9.44. The Balaban J connectivity index is 2.53. The minimum absolute atomic E-state index is 0.685. The summed E-state index contributed by atoms with van der Waals surface area (Å²) in [4.78, 5) is 3.10. The van der Waals surface area contributed by atoms with Crippen LogP contribution in [0.4, 0.5) is 11.4 Å². The fourth-order valence-electron chi connectivity index (χ4n) is 1.34. The maximum Gasteiger partial charge on any atom is 0.0455 e. The lowest BCUT2D eigenvalue weighted by Crippen LogP contribution is -1.91. The lowest BCUT2D eigenvalue weighted by Gasteiger charge is -2.02. The van der Waals surface area contributed by atoms with Crippen molar-refractivity contribution in [3.05, 3.63) is 36.5 Å². The Labute approximate surface area is 76.4 Å².